The standard InChI is InChI=1S/C11H13FN2O4/c1-7(15)4-5-13-11(16)8-2-3-9(12)10(6-8)14(17)18/h2-3,6-7,15H,4-5H2,1H3,(H,13,16). The lowest BCUT2D eigenvalue weighted by Crippen LogP contribution is -2.26. The smallest absolute Gasteiger partial charge is 0.305 e. The maximum atomic E-state index is 13.0. The van der Waals surface area contributed by atoms with Crippen LogP contribution in [-0.4, -0.2) is 28.6 Å². The van der Waals surface area contributed by atoms with Gasteiger partial charge in [-0.2, -0.15) is 4.39 Å². The normalized spacial score (nSPS) is 11.9. The molecular formula is C11H13FN2O4. The predicted molar refractivity (Wildman–Crippen MR) is 61.7 cm³/mol. The predicted octanol–water partition coefficient (Wildman–Crippen LogP) is 1.23. The van der Waals surface area contributed by atoms with Crippen LogP contribution in [0.4, 0.5) is 10.1 Å². The van der Waals surface area contributed by atoms with Crippen molar-refractivity contribution >= 4 is 11.6 Å². The molecule has 18 heavy (non-hydrogen) atoms. The van der Waals surface area contributed by atoms with E-state index in [0.29, 0.717) is 6.42 Å². The summed E-state index contributed by atoms with van der Waals surface area (Å²) >= 11 is 0. The number of rotatable bonds is 5. The van der Waals surface area contributed by atoms with Gasteiger partial charge in [-0.3, -0.25) is 14.9 Å². The van der Waals surface area contributed by atoms with Gasteiger partial charge >= 0.3 is 5.69 Å². The van der Waals surface area contributed by atoms with Gasteiger partial charge in [0.15, 0.2) is 0 Å². The Balaban J connectivity index is 2.74. The highest BCUT2D eigenvalue weighted by Gasteiger charge is 2.17. The molecule has 1 unspecified atom stereocenters. The molecule has 1 aromatic carbocycles. The Labute approximate surface area is 103 Å². The first-order chi connectivity index (χ1) is 8.41. The Morgan fingerprint density at radius 3 is 2.83 bits per heavy atom. The van der Waals surface area contributed by atoms with Crippen LogP contribution in [0.15, 0.2) is 18.2 Å². The van der Waals surface area contributed by atoms with Gasteiger partial charge in [0.25, 0.3) is 5.91 Å². The average molecular weight is 256 g/mol. The number of hydrogen-bond acceptors (Lipinski definition) is 4. The highest BCUT2D eigenvalue weighted by atomic mass is 19.1. The quantitative estimate of drug-likeness (QED) is 0.612. The molecule has 0 saturated carbocycles. The molecule has 1 amide bonds. The van der Waals surface area contributed by atoms with Crippen LogP contribution in [0.5, 0.6) is 0 Å². The average Bonchev–Trinajstić information content (AvgIpc) is 2.28. The van der Waals surface area contributed by atoms with Crippen molar-refractivity contribution in [1.29, 1.82) is 0 Å². The second kappa shape index (κ2) is 6.06. The van der Waals surface area contributed by atoms with Gasteiger partial charge in [-0.25, -0.2) is 0 Å². The third-order valence-corrected chi connectivity index (χ3v) is 2.25. The van der Waals surface area contributed by atoms with E-state index in [1.807, 2.05) is 0 Å². The third kappa shape index (κ3) is 3.77. The molecule has 0 aliphatic carbocycles. The van der Waals surface area contributed by atoms with E-state index >= 15 is 0 Å². The van der Waals surface area contributed by atoms with Crippen LogP contribution in [0.2, 0.25) is 0 Å². The minimum atomic E-state index is -0.986. The summed E-state index contributed by atoms with van der Waals surface area (Å²) in [5.41, 5.74) is -0.730. The molecule has 0 radical (unpaired) electrons. The van der Waals surface area contributed by atoms with E-state index in [4.69, 9.17) is 5.11 Å². The molecule has 1 rings (SSSR count). The SMILES string of the molecule is CC(O)CCNC(=O)c1ccc(F)c([N+](=O)[O-])c1. The number of aliphatic hydroxyl groups is 1. The molecule has 0 fully saturated rings. The van der Waals surface area contributed by atoms with Gasteiger partial charge in [0.05, 0.1) is 11.0 Å². The van der Waals surface area contributed by atoms with Crippen LogP contribution in [-0.2, 0) is 0 Å². The summed E-state index contributed by atoms with van der Waals surface area (Å²) in [5, 5.41) is 22.0. The minimum absolute atomic E-state index is 0.00805. The zero-order chi connectivity index (χ0) is 13.7. The molecule has 2 N–H and O–H groups in total. The lowest BCUT2D eigenvalue weighted by molar-refractivity contribution is -0.387. The van der Waals surface area contributed by atoms with Gasteiger partial charge in [-0.15, -0.1) is 0 Å². The van der Waals surface area contributed by atoms with Gasteiger partial charge < -0.3 is 10.4 Å². The number of amides is 1. The summed E-state index contributed by atoms with van der Waals surface area (Å²) in [6.07, 6.45) is -0.178. The summed E-state index contributed by atoms with van der Waals surface area (Å²) < 4.78 is 13.0. The molecule has 0 aromatic heterocycles. The van der Waals surface area contributed by atoms with E-state index in [2.05, 4.69) is 5.32 Å². The molecule has 0 aliphatic rings. The summed E-state index contributed by atoms with van der Waals surface area (Å²) in [4.78, 5) is 21.2. The molecule has 0 bridgehead atoms. The number of nitrogens with one attached hydrogen (secondary N) is 1. The fourth-order valence-electron chi connectivity index (χ4n) is 1.29. The topological polar surface area (TPSA) is 92.5 Å². The number of halogens is 1. The van der Waals surface area contributed by atoms with Crippen molar-refractivity contribution < 1.29 is 19.2 Å². The van der Waals surface area contributed by atoms with Gasteiger partial charge in [-0.05, 0) is 25.5 Å². The molecule has 0 heterocycles. The lowest BCUT2D eigenvalue weighted by atomic mass is 10.1. The van der Waals surface area contributed by atoms with E-state index in [1.165, 1.54) is 6.07 Å². The van der Waals surface area contributed by atoms with Gasteiger partial charge in [0.1, 0.15) is 0 Å². The van der Waals surface area contributed by atoms with Gasteiger partial charge in [-0.1, -0.05) is 0 Å². The maximum Gasteiger partial charge on any atom is 0.305 e. The summed E-state index contributed by atoms with van der Waals surface area (Å²) in [6.45, 7) is 1.82. The number of nitrogens with zero attached hydrogens (tertiary/aromatic N) is 1. The van der Waals surface area contributed by atoms with Crippen molar-refractivity contribution in [2.24, 2.45) is 0 Å². The first-order valence-corrected chi connectivity index (χ1v) is 5.32. The molecule has 0 spiro atoms. The van der Waals surface area contributed by atoms with Crippen LogP contribution in [0.1, 0.15) is 23.7 Å². The zero-order valence-corrected chi connectivity index (χ0v) is 9.72. The highest BCUT2D eigenvalue weighted by molar-refractivity contribution is 5.94. The molecule has 0 aliphatic heterocycles. The fourth-order valence-corrected chi connectivity index (χ4v) is 1.29. The van der Waals surface area contributed by atoms with Crippen LogP contribution in [0, 0.1) is 15.9 Å². The Bertz CT molecular complexity index is 462. The van der Waals surface area contributed by atoms with E-state index in [-0.39, 0.29) is 12.1 Å². The molecule has 98 valence electrons. The van der Waals surface area contributed by atoms with Gasteiger partial charge in [0, 0.05) is 18.2 Å². The van der Waals surface area contributed by atoms with Crippen LogP contribution < -0.4 is 5.32 Å². The first kappa shape index (κ1) is 14.0. The molecule has 1 aromatic rings. The van der Waals surface area contributed by atoms with Crippen molar-refractivity contribution in [2.45, 2.75) is 19.4 Å². The number of hydrogen-bond donors (Lipinski definition) is 2. The number of aliphatic hydroxyl groups excluding tert-OH is 1. The van der Waals surface area contributed by atoms with E-state index in [9.17, 15) is 19.3 Å². The van der Waals surface area contributed by atoms with Crippen molar-refractivity contribution in [2.75, 3.05) is 6.54 Å². The Hall–Kier alpha value is -2.02. The third-order valence-electron chi connectivity index (χ3n) is 2.25. The zero-order valence-electron chi connectivity index (χ0n) is 9.72. The minimum Gasteiger partial charge on any atom is -0.393 e. The Kier molecular flexibility index (Phi) is 4.73. The number of carbonyl (C=O) groups excluding carboxylic acids is 1. The first-order valence-electron chi connectivity index (χ1n) is 5.32. The Morgan fingerprint density at radius 2 is 2.28 bits per heavy atom. The van der Waals surface area contributed by atoms with Crippen LogP contribution in [0.3, 0.4) is 0 Å². The van der Waals surface area contributed by atoms with Crippen LogP contribution >= 0.6 is 0 Å². The molecule has 6 nitrogen and oxygen atoms in total. The summed E-state index contributed by atoms with van der Waals surface area (Å²) in [6, 6.07) is 2.93. The lowest BCUT2D eigenvalue weighted by Gasteiger charge is -2.06. The van der Waals surface area contributed by atoms with Crippen molar-refractivity contribution in [3.8, 4) is 0 Å². The number of benzene rings is 1. The van der Waals surface area contributed by atoms with E-state index in [1.54, 1.807) is 6.92 Å². The molecule has 0 saturated heterocycles. The number of nitro groups is 1. The van der Waals surface area contributed by atoms with Gasteiger partial charge in [0.2, 0.25) is 5.82 Å². The number of carbonyl (C=O) groups is 1. The highest BCUT2D eigenvalue weighted by Crippen LogP contribution is 2.18. The van der Waals surface area contributed by atoms with Crippen LogP contribution in [0.25, 0.3) is 0 Å². The maximum absolute atomic E-state index is 13.0. The molecule has 1 atom stereocenters. The van der Waals surface area contributed by atoms with Crippen molar-refractivity contribution in [3.63, 3.8) is 0 Å². The number of nitro benzene ring substituents is 1. The van der Waals surface area contributed by atoms with Crippen molar-refractivity contribution in [1.82, 2.24) is 5.32 Å². The summed E-state index contributed by atoms with van der Waals surface area (Å²) in [7, 11) is 0. The Morgan fingerprint density at radius 1 is 1.61 bits per heavy atom. The van der Waals surface area contributed by atoms with E-state index < -0.39 is 28.4 Å². The monoisotopic (exact) mass is 256 g/mol. The summed E-state index contributed by atoms with van der Waals surface area (Å²) in [5.74, 6) is -1.53. The largest absolute Gasteiger partial charge is 0.393 e. The molecular weight excluding hydrogens is 243 g/mol. The molecule has 7 heteroatoms. The fraction of sp³-hybridized carbons (Fsp3) is 0.364. The van der Waals surface area contributed by atoms with E-state index in [0.717, 1.165) is 12.1 Å². The second-order valence-electron chi connectivity index (χ2n) is 3.82. The second-order valence-corrected chi connectivity index (χ2v) is 3.82. The van der Waals surface area contributed by atoms with Crippen molar-refractivity contribution in [3.05, 3.63) is 39.7 Å².